The van der Waals surface area contributed by atoms with Crippen molar-refractivity contribution in [2.24, 2.45) is 5.92 Å². The lowest BCUT2D eigenvalue weighted by molar-refractivity contribution is 0.0692. The first kappa shape index (κ1) is 17.6. The molecular formula is C16H25FN2O2. The summed E-state index contributed by atoms with van der Waals surface area (Å²) in [5.41, 5.74) is 0.527. The van der Waals surface area contributed by atoms with E-state index in [9.17, 15) is 9.18 Å². The highest BCUT2D eigenvalue weighted by Gasteiger charge is 2.13. The summed E-state index contributed by atoms with van der Waals surface area (Å²) in [5.74, 6) is -1.38. The quantitative estimate of drug-likeness (QED) is 0.800. The first-order chi connectivity index (χ1) is 9.79. The molecule has 0 saturated heterocycles. The van der Waals surface area contributed by atoms with Gasteiger partial charge in [0.15, 0.2) is 0 Å². The van der Waals surface area contributed by atoms with E-state index in [1.807, 2.05) is 14.1 Å². The molecule has 1 aromatic carbocycles. The average Bonchev–Trinajstić information content (AvgIpc) is 2.34. The van der Waals surface area contributed by atoms with E-state index in [2.05, 4.69) is 23.6 Å². The molecule has 0 spiro atoms. The molecule has 1 rings (SSSR count). The molecule has 0 saturated carbocycles. The molecule has 0 aliphatic carbocycles. The van der Waals surface area contributed by atoms with Gasteiger partial charge in [-0.2, -0.15) is 0 Å². The first-order valence-electron chi connectivity index (χ1n) is 7.18. The van der Waals surface area contributed by atoms with E-state index in [4.69, 9.17) is 5.11 Å². The van der Waals surface area contributed by atoms with Crippen LogP contribution in [0, 0.1) is 11.7 Å². The third-order valence-corrected chi connectivity index (χ3v) is 3.16. The maximum Gasteiger partial charge on any atom is 0.338 e. The average molecular weight is 296 g/mol. The highest BCUT2D eigenvalue weighted by atomic mass is 19.1. The van der Waals surface area contributed by atoms with Gasteiger partial charge in [0.2, 0.25) is 0 Å². The SMILES string of the molecule is CC(C)CN(CCN(C)C)Cc1ccc(C(=O)O)c(F)c1. The molecule has 21 heavy (non-hydrogen) atoms. The largest absolute Gasteiger partial charge is 0.478 e. The molecule has 0 aliphatic rings. The molecule has 1 aromatic rings. The Morgan fingerprint density at radius 3 is 2.43 bits per heavy atom. The standard InChI is InChI=1S/C16H25FN2O2/c1-12(2)10-19(8-7-18(3)4)11-13-5-6-14(16(20)21)15(17)9-13/h5-6,9,12H,7-8,10-11H2,1-4H3,(H,20,21). The van der Waals surface area contributed by atoms with Crippen molar-refractivity contribution in [1.82, 2.24) is 9.80 Å². The van der Waals surface area contributed by atoms with Crippen LogP contribution in [0.15, 0.2) is 18.2 Å². The zero-order chi connectivity index (χ0) is 16.0. The highest BCUT2D eigenvalue weighted by molar-refractivity contribution is 5.87. The molecule has 0 bridgehead atoms. The maximum absolute atomic E-state index is 13.7. The van der Waals surface area contributed by atoms with Crippen LogP contribution in [0.2, 0.25) is 0 Å². The van der Waals surface area contributed by atoms with E-state index in [1.54, 1.807) is 6.07 Å². The summed E-state index contributed by atoms with van der Waals surface area (Å²) < 4.78 is 13.7. The molecular weight excluding hydrogens is 271 g/mol. The van der Waals surface area contributed by atoms with Gasteiger partial charge in [0.05, 0.1) is 5.56 Å². The fraction of sp³-hybridized carbons (Fsp3) is 0.562. The molecule has 0 amide bonds. The molecule has 0 aromatic heterocycles. The maximum atomic E-state index is 13.7. The van der Waals surface area contributed by atoms with Crippen LogP contribution in [-0.4, -0.2) is 54.6 Å². The lowest BCUT2D eigenvalue weighted by Gasteiger charge is -2.26. The van der Waals surface area contributed by atoms with Crippen LogP contribution in [-0.2, 0) is 6.54 Å². The smallest absolute Gasteiger partial charge is 0.338 e. The Morgan fingerprint density at radius 2 is 1.95 bits per heavy atom. The number of rotatable bonds is 8. The van der Waals surface area contributed by atoms with Crippen molar-refractivity contribution in [3.05, 3.63) is 35.1 Å². The van der Waals surface area contributed by atoms with Gasteiger partial charge in [0, 0.05) is 26.2 Å². The fourth-order valence-electron chi connectivity index (χ4n) is 2.18. The minimum absolute atomic E-state index is 0.276. The fourth-order valence-corrected chi connectivity index (χ4v) is 2.18. The number of carbonyl (C=O) groups is 1. The van der Waals surface area contributed by atoms with Crippen molar-refractivity contribution in [2.75, 3.05) is 33.7 Å². The molecule has 0 unspecified atom stereocenters. The van der Waals surface area contributed by atoms with Crippen LogP contribution >= 0.6 is 0 Å². The number of benzene rings is 1. The molecule has 4 nitrogen and oxygen atoms in total. The molecule has 118 valence electrons. The Hall–Kier alpha value is -1.46. The summed E-state index contributed by atoms with van der Waals surface area (Å²) in [7, 11) is 4.05. The Bertz CT molecular complexity index is 475. The van der Waals surface area contributed by atoms with Crippen molar-refractivity contribution in [2.45, 2.75) is 20.4 Å². The van der Waals surface area contributed by atoms with Crippen LogP contribution < -0.4 is 0 Å². The van der Waals surface area contributed by atoms with E-state index >= 15 is 0 Å². The zero-order valence-corrected chi connectivity index (χ0v) is 13.3. The number of nitrogens with zero attached hydrogens (tertiary/aromatic N) is 2. The van der Waals surface area contributed by atoms with E-state index < -0.39 is 11.8 Å². The Labute approximate surface area is 126 Å². The number of carboxylic acids is 1. The second kappa shape index (κ2) is 8.10. The van der Waals surface area contributed by atoms with Gasteiger partial charge < -0.3 is 10.0 Å². The third kappa shape index (κ3) is 6.23. The van der Waals surface area contributed by atoms with Gasteiger partial charge in [-0.1, -0.05) is 19.9 Å². The summed E-state index contributed by atoms with van der Waals surface area (Å²) >= 11 is 0. The number of carboxylic acid groups (broad SMARTS) is 1. The van der Waals surface area contributed by atoms with E-state index in [1.165, 1.54) is 12.1 Å². The second-order valence-electron chi connectivity index (χ2n) is 6.05. The molecule has 0 fully saturated rings. The predicted molar refractivity (Wildman–Crippen MR) is 82.0 cm³/mol. The van der Waals surface area contributed by atoms with E-state index in [0.717, 1.165) is 25.2 Å². The van der Waals surface area contributed by atoms with Gasteiger partial charge >= 0.3 is 5.97 Å². The summed E-state index contributed by atoms with van der Waals surface area (Å²) in [6.07, 6.45) is 0. The highest BCUT2D eigenvalue weighted by Crippen LogP contribution is 2.13. The lowest BCUT2D eigenvalue weighted by Crippen LogP contribution is -2.34. The van der Waals surface area contributed by atoms with Crippen LogP contribution in [0.3, 0.4) is 0 Å². The Kier molecular flexibility index (Phi) is 6.78. The van der Waals surface area contributed by atoms with Crippen LogP contribution in [0.25, 0.3) is 0 Å². The summed E-state index contributed by atoms with van der Waals surface area (Å²) in [5, 5.41) is 8.85. The molecule has 1 N–H and O–H groups in total. The second-order valence-corrected chi connectivity index (χ2v) is 6.05. The monoisotopic (exact) mass is 296 g/mol. The molecule has 0 radical (unpaired) electrons. The summed E-state index contributed by atoms with van der Waals surface area (Å²) in [6, 6.07) is 4.36. The number of halogens is 1. The summed E-state index contributed by atoms with van der Waals surface area (Å²) in [6.45, 7) is 7.68. The molecule has 0 heterocycles. The zero-order valence-electron chi connectivity index (χ0n) is 13.3. The Morgan fingerprint density at radius 1 is 1.29 bits per heavy atom. The van der Waals surface area contributed by atoms with Gasteiger partial charge in [0.25, 0.3) is 0 Å². The van der Waals surface area contributed by atoms with Crippen molar-refractivity contribution in [3.63, 3.8) is 0 Å². The minimum atomic E-state index is -1.23. The van der Waals surface area contributed by atoms with Gasteiger partial charge in [-0.05, 0) is 37.7 Å². The number of hydrogen-bond acceptors (Lipinski definition) is 3. The number of hydrogen-bond donors (Lipinski definition) is 1. The van der Waals surface area contributed by atoms with Crippen LogP contribution in [0.4, 0.5) is 4.39 Å². The number of likely N-dealkylation sites (N-methyl/N-ethyl adjacent to an activating group) is 1. The van der Waals surface area contributed by atoms with Crippen molar-refractivity contribution in [3.8, 4) is 0 Å². The predicted octanol–water partition coefficient (Wildman–Crippen LogP) is 2.54. The molecule has 0 atom stereocenters. The minimum Gasteiger partial charge on any atom is -0.478 e. The van der Waals surface area contributed by atoms with Crippen molar-refractivity contribution < 1.29 is 14.3 Å². The number of aromatic carboxylic acids is 1. The van der Waals surface area contributed by atoms with Gasteiger partial charge in [-0.15, -0.1) is 0 Å². The third-order valence-electron chi connectivity index (χ3n) is 3.16. The van der Waals surface area contributed by atoms with E-state index in [0.29, 0.717) is 12.5 Å². The molecule has 0 aliphatic heterocycles. The van der Waals surface area contributed by atoms with Crippen molar-refractivity contribution in [1.29, 1.82) is 0 Å². The van der Waals surface area contributed by atoms with Gasteiger partial charge in [-0.25, -0.2) is 9.18 Å². The summed E-state index contributed by atoms with van der Waals surface area (Å²) in [4.78, 5) is 15.2. The van der Waals surface area contributed by atoms with Gasteiger partial charge in [0.1, 0.15) is 5.82 Å². The first-order valence-corrected chi connectivity index (χ1v) is 7.18. The van der Waals surface area contributed by atoms with Gasteiger partial charge in [-0.3, -0.25) is 4.90 Å². The van der Waals surface area contributed by atoms with Crippen LogP contribution in [0.1, 0.15) is 29.8 Å². The molecule has 5 heteroatoms. The van der Waals surface area contributed by atoms with Crippen LogP contribution in [0.5, 0.6) is 0 Å². The lowest BCUT2D eigenvalue weighted by atomic mass is 10.1. The normalized spacial score (nSPS) is 11.6. The topological polar surface area (TPSA) is 43.8 Å². The van der Waals surface area contributed by atoms with Crippen molar-refractivity contribution >= 4 is 5.97 Å². The van der Waals surface area contributed by atoms with E-state index in [-0.39, 0.29) is 5.56 Å². The Balaban J connectivity index is 2.77.